The van der Waals surface area contributed by atoms with Gasteiger partial charge >= 0.3 is 0 Å². The van der Waals surface area contributed by atoms with E-state index in [4.69, 9.17) is 5.73 Å². The summed E-state index contributed by atoms with van der Waals surface area (Å²) in [7, 11) is 0. The number of nitrogens with one attached hydrogen (secondary N) is 1. The number of amides is 1. The number of nitro groups is 1. The minimum Gasteiger partial charge on any atom is -0.322 e. The van der Waals surface area contributed by atoms with Crippen molar-refractivity contribution in [2.75, 3.05) is 5.32 Å². The summed E-state index contributed by atoms with van der Waals surface area (Å²) in [6.07, 6.45) is 1.13. The Morgan fingerprint density at radius 1 is 1.53 bits per heavy atom. The van der Waals surface area contributed by atoms with Gasteiger partial charge in [-0.1, -0.05) is 0 Å². The maximum atomic E-state index is 13.4. The number of hydrogen-bond acceptors (Lipinski definition) is 4. The average molecular weight is 239 g/mol. The van der Waals surface area contributed by atoms with Gasteiger partial charge in [0.15, 0.2) is 5.82 Å². The fourth-order valence-corrected chi connectivity index (χ4v) is 1.33. The van der Waals surface area contributed by atoms with Crippen molar-refractivity contribution in [1.29, 1.82) is 0 Å². The molecule has 3 N–H and O–H groups in total. The van der Waals surface area contributed by atoms with Crippen LogP contribution >= 0.6 is 0 Å². The van der Waals surface area contributed by atoms with Crippen LogP contribution in [0.15, 0.2) is 18.2 Å². The van der Waals surface area contributed by atoms with E-state index in [0.29, 0.717) is 12.8 Å². The number of benzene rings is 1. The van der Waals surface area contributed by atoms with Crippen molar-refractivity contribution in [2.45, 2.75) is 18.4 Å². The first-order valence-corrected chi connectivity index (χ1v) is 4.97. The first-order valence-electron chi connectivity index (χ1n) is 4.97. The lowest BCUT2D eigenvalue weighted by Crippen LogP contribution is -2.38. The van der Waals surface area contributed by atoms with Gasteiger partial charge in [0.1, 0.15) is 0 Å². The molecule has 90 valence electrons. The number of nitrogens with zero attached hydrogens (tertiary/aromatic N) is 1. The Hall–Kier alpha value is -2.02. The molecule has 1 aromatic rings. The Balaban J connectivity index is 2.17. The molecule has 6 nitrogen and oxygen atoms in total. The van der Waals surface area contributed by atoms with E-state index in [1.54, 1.807) is 0 Å². The highest BCUT2D eigenvalue weighted by Crippen LogP contribution is 2.33. The van der Waals surface area contributed by atoms with Crippen molar-refractivity contribution in [3.63, 3.8) is 0 Å². The maximum absolute atomic E-state index is 13.4. The van der Waals surface area contributed by atoms with E-state index in [-0.39, 0.29) is 11.4 Å². The molecule has 2 rings (SSSR count). The monoisotopic (exact) mass is 239 g/mol. The molecule has 17 heavy (non-hydrogen) atoms. The molecule has 1 aliphatic carbocycles. The normalized spacial score (nSPS) is 16.4. The molecule has 0 radical (unpaired) electrons. The van der Waals surface area contributed by atoms with Crippen LogP contribution in [0.2, 0.25) is 0 Å². The van der Waals surface area contributed by atoms with Gasteiger partial charge < -0.3 is 11.1 Å². The van der Waals surface area contributed by atoms with Crippen molar-refractivity contribution in [3.05, 3.63) is 34.1 Å². The van der Waals surface area contributed by atoms with Crippen molar-refractivity contribution in [1.82, 2.24) is 0 Å². The molecule has 0 spiro atoms. The minimum absolute atomic E-state index is 0.0997. The Kier molecular flexibility index (Phi) is 2.55. The van der Waals surface area contributed by atoms with Crippen LogP contribution in [0.3, 0.4) is 0 Å². The molecular formula is C10H10FN3O3. The van der Waals surface area contributed by atoms with Crippen LogP contribution in [0.25, 0.3) is 0 Å². The van der Waals surface area contributed by atoms with Crippen LogP contribution in [0.5, 0.6) is 0 Å². The molecule has 0 aliphatic heterocycles. The Morgan fingerprint density at radius 2 is 2.18 bits per heavy atom. The summed E-state index contributed by atoms with van der Waals surface area (Å²) in [5.41, 5.74) is 4.25. The quantitative estimate of drug-likeness (QED) is 0.610. The standard InChI is InChI=1S/C10H10FN3O3/c11-7-5-6(14(16)17)1-2-8(7)13-9(15)10(12)3-4-10/h1-2,5H,3-4,12H2,(H,13,15). The number of nitrogens with two attached hydrogens (primary N) is 1. The third-order valence-electron chi connectivity index (χ3n) is 2.65. The Labute approximate surface area is 95.8 Å². The zero-order valence-electron chi connectivity index (χ0n) is 8.77. The van der Waals surface area contributed by atoms with E-state index in [0.717, 1.165) is 18.2 Å². The number of hydrogen-bond donors (Lipinski definition) is 2. The molecule has 0 aromatic heterocycles. The van der Waals surface area contributed by atoms with Crippen molar-refractivity contribution in [3.8, 4) is 0 Å². The third kappa shape index (κ3) is 2.23. The number of carbonyl (C=O) groups excluding carboxylic acids is 1. The van der Waals surface area contributed by atoms with Gasteiger partial charge in [-0.2, -0.15) is 0 Å². The number of nitro benzene ring substituents is 1. The number of halogens is 1. The van der Waals surface area contributed by atoms with E-state index in [9.17, 15) is 19.3 Å². The molecule has 1 aromatic carbocycles. The lowest BCUT2D eigenvalue weighted by molar-refractivity contribution is -0.385. The number of carbonyl (C=O) groups is 1. The highest BCUT2D eigenvalue weighted by Gasteiger charge is 2.46. The fourth-order valence-electron chi connectivity index (χ4n) is 1.33. The van der Waals surface area contributed by atoms with Gasteiger partial charge in [-0.15, -0.1) is 0 Å². The summed E-state index contributed by atoms with van der Waals surface area (Å²) in [5, 5.41) is 12.7. The van der Waals surface area contributed by atoms with Gasteiger partial charge in [-0.3, -0.25) is 14.9 Å². The highest BCUT2D eigenvalue weighted by molar-refractivity contribution is 6.00. The first-order chi connectivity index (χ1) is 7.92. The predicted octanol–water partition coefficient (Wildman–Crippen LogP) is 1.16. The Morgan fingerprint density at radius 3 is 2.65 bits per heavy atom. The molecule has 1 saturated carbocycles. The first kappa shape index (κ1) is 11.5. The van der Waals surface area contributed by atoms with Crippen LogP contribution in [0, 0.1) is 15.9 Å². The van der Waals surface area contributed by atoms with E-state index >= 15 is 0 Å². The SMILES string of the molecule is NC1(C(=O)Nc2ccc([N+](=O)[O-])cc2F)CC1. The van der Waals surface area contributed by atoms with Crippen LogP contribution < -0.4 is 11.1 Å². The molecule has 0 atom stereocenters. The lowest BCUT2D eigenvalue weighted by Gasteiger charge is -2.10. The molecule has 0 saturated heterocycles. The van der Waals surface area contributed by atoms with Gasteiger partial charge in [-0.05, 0) is 18.9 Å². The van der Waals surface area contributed by atoms with Gasteiger partial charge in [0.2, 0.25) is 5.91 Å². The summed E-state index contributed by atoms with van der Waals surface area (Å²) < 4.78 is 13.4. The predicted molar refractivity (Wildman–Crippen MR) is 57.8 cm³/mol. The molecule has 1 aliphatic rings. The van der Waals surface area contributed by atoms with E-state index in [1.807, 2.05) is 0 Å². The minimum atomic E-state index is -0.909. The maximum Gasteiger partial charge on any atom is 0.272 e. The number of rotatable bonds is 3. The summed E-state index contributed by atoms with van der Waals surface area (Å²) >= 11 is 0. The smallest absolute Gasteiger partial charge is 0.272 e. The molecule has 0 unspecified atom stereocenters. The van der Waals surface area contributed by atoms with Gasteiger partial charge in [0.25, 0.3) is 5.69 Å². The molecule has 0 heterocycles. The summed E-state index contributed by atoms with van der Waals surface area (Å²) in [5.74, 6) is -1.32. The van der Waals surface area contributed by atoms with Crippen molar-refractivity contribution in [2.24, 2.45) is 5.73 Å². The molecule has 1 amide bonds. The van der Waals surface area contributed by atoms with Crippen LogP contribution in [0.1, 0.15) is 12.8 Å². The van der Waals surface area contributed by atoms with Crippen molar-refractivity contribution >= 4 is 17.3 Å². The lowest BCUT2D eigenvalue weighted by atomic mass is 10.2. The number of non-ortho nitro benzene ring substituents is 1. The zero-order valence-corrected chi connectivity index (χ0v) is 8.77. The summed E-state index contributed by atoms with van der Waals surface area (Å²) in [4.78, 5) is 21.2. The van der Waals surface area contributed by atoms with Crippen molar-refractivity contribution < 1.29 is 14.1 Å². The van der Waals surface area contributed by atoms with Gasteiger partial charge in [0.05, 0.1) is 22.2 Å². The molecular weight excluding hydrogens is 229 g/mol. The number of anilines is 1. The second-order valence-electron chi connectivity index (χ2n) is 4.03. The second kappa shape index (κ2) is 3.77. The fraction of sp³-hybridized carbons (Fsp3) is 0.300. The molecule has 0 bridgehead atoms. The molecule has 7 heteroatoms. The van der Waals surface area contributed by atoms with Gasteiger partial charge in [-0.25, -0.2) is 4.39 Å². The van der Waals surface area contributed by atoms with Gasteiger partial charge in [0, 0.05) is 6.07 Å². The van der Waals surface area contributed by atoms with E-state index in [1.165, 1.54) is 0 Å². The zero-order chi connectivity index (χ0) is 12.6. The molecule has 1 fully saturated rings. The van der Waals surface area contributed by atoms with Crippen LogP contribution in [-0.4, -0.2) is 16.4 Å². The topological polar surface area (TPSA) is 98.3 Å². The summed E-state index contributed by atoms with van der Waals surface area (Å²) in [6, 6.07) is 3.03. The second-order valence-corrected chi connectivity index (χ2v) is 4.03. The van der Waals surface area contributed by atoms with E-state index in [2.05, 4.69) is 5.32 Å². The largest absolute Gasteiger partial charge is 0.322 e. The van der Waals surface area contributed by atoms with Crippen LogP contribution in [0.4, 0.5) is 15.8 Å². The Bertz CT molecular complexity index is 500. The van der Waals surface area contributed by atoms with Crippen LogP contribution in [-0.2, 0) is 4.79 Å². The summed E-state index contributed by atoms with van der Waals surface area (Å²) in [6.45, 7) is 0. The van der Waals surface area contributed by atoms with E-state index < -0.39 is 22.2 Å². The average Bonchev–Trinajstić information content (AvgIpc) is 3.00. The third-order valence-corrected chi connectivity index (χ3v) is 2.65. The highest BCUT2D eigenvalue weighted by atomic mass is 19.1.